The number of rotatable bonds is 4. The molecular weight excluding hydrogens is 278 g/mol. The molecule has 114 valence electrons. The molecule has 0 unspecified atom stereocenters. The fourth-order valence-electron chi connectivity index (χ4n) is 2.69. The van der Waals surface area contributed by atoms with Gasteiger partial charge in [0.15, 0.2) is 5.03 Å². The third-order valence-electron chi connectivity index (χ3n) is 3.88. The van der Waals surface area contributed by atoms with Crippen molar-refractivity contribution < 1.29 is 13.5 Å². The van der Waals surface area contributed by atoms with E-state index in [4.69, 9.17) is 0 Å². The van der Waals surface area contributed by atoms with E-state index in [0.717, 1.165) is 25.7 Å². The summed E-state index contributed by atoms with van der Waals surface area (Å²) in [5.74, 6) is 0. The van der Waals surface area contributed by atoms with Crippen molar-refractivity contribution in [3.05, 3.63) is 11.3 Å². The van der Waals surface area contributed by atoms with Crippen LogP contribution in [-0.4, -0.2) is 29.8 Å². The zero-order chi connectivity index (χ0) is 14.6. The zero-order valence-corrected chi connectivity index (χ0v) is 12.7. The zero-order valence-electron chi connectivity index (χ0n) is 11.9. The molecule has 1 aliphatic carbocycles. The van der Waals surface area contributed by atoms with E-state index in [1.54, 1.807) is 6.92 Å². The highest BCUT2D eigenvalue weighted by Gasteiger charge is 2.26. The molecular formula is C13H23N3O3S. The highest BCUT2D eigenvalue weighted by Crippen LogP contribution is 2.21. The number of aliphatic hydroxyl groups excluding tert-OH is 1. The second-order valence-corrected chi connectivity index (χ2v) is 7.08. The maximum atomic E-state index is 12.4. The molecule has 2 rings (SSSR count). The Morgan fingerprint density at radius 1 is 1.25 bits per heavy atom. The minimum absolute atomic E-state index is 0.0242. The van der Waals surface area contributed by atoms with Gasteiger partial charge < -0.3 is 5.11 Å². The average Bonchev–Trinajstić information content (AvgIpc) is 2.74. The SMILES string of the molecule is Cc1[nH]nc(S(=O)(=O)NC2CCCCCCC2)c1CO. The molecule has 0 aliphatic heterocycles. The monoisotopic (exact) mass is 301 g/mol. The van der Waals surface area contributed by atoms with Crippen LogP contribution in [0.1, 0.15) is 56.2 Å². The Bertz CT molecular complexity index is 531. The van der Waals surface area contributed by atoms with E-state index in [1.165, 1.54) is 19.3 Å². The molecule has 1 aliphatic rings. The Morgan fingerprint density at radius 2 is 1.85 bits per heavy atom. The van der Waals surface area contributed by atoms with Gasteiger partial charge in [-0.05, 0) is 19.8 Å². The molecule has 1 aromatic rings. The van der Waals surface area contributed by atoms with Crippen molar-refractivity contribution in [2.24, 2.45) is 0 Å². The highest BCUT2D eigenvalue weighted by atomic mass is 32.2. The molecule has 0 atom stereocenters. The van der Waals surface area contributed by atoms with Crippen molar-refractivity contribution >= 4 is 10.0 Å². The van der Waals surface area contributed by atoms with E-state index in [2.05, 4.69) is 14.9 Å². The summed E-state index contributed by atoms with van der Waals surface area (Å²) in [6, 6.07) is -0.0242. The third kappa shape index (κ3) is 3.59. The number of aliphatic hydroxyl groups is 1. The van der Waals surface area contributed by atoms with Crippen LogP contribution in [0.5, 0.6) is 0 Å². The summed E-state index contributed by atoms with van der Waals surface area (Å²) in [6.45, 7) is 1.37. The molecule has 0 spiro atoms. The molecule has 0 aromatic carbocycles. The number of H-pyrrole nitrogens is 1. The molecule has 1 fully saturated rings. The molecule has 0 amide bonds. The van der Waals surface area contributed by atoms with Gasteiger partial charge in [0.1, 0.15) is 0 Å². The second-order valence-electron chi connectivity index (χ2n) is 5.45. The van der Waals surface area contributed by atoms with Gasteiger partial charge in [-0.1, -0.05) is 32.1 Å². The highest BCUT2D eigenvalue weighted by molar-refractivity contribution is 7.89. The molecule has 0 saturated heterocycles. The Balaban J connectivity index is 2.13. The van der Waals surface area contributed by atoms with Crippen LogP contribution in [0.15, 0.2) is 5.03 Å². The summed E-state index contributed by atoms with van der Waals surface area (Å²) in [5.41, 5.74) is 0.939. The van der Waals surface area contributed by atoms with Gasteiger partial charge in [-0.3, -0.25) is 5.10 Å². The number of sulfonamides is 1. The van der Waals surface area contributed by atoms with Crippen molar-refractivity contribution in [1.82, 2.24) is 14.9 Å². The Hall–Kier alpha value is -0.920. The predicted octanol–water partition coefficient (Wildman–Crippen LogP) is 1.60. The van der Waals surface area contributed by atoms with Gasteiger partial charge in [-0.2, -0.15) is 5.10 Å². The number of hydrogen-bond acceptors (Lipinski definition) is 4. The lowest BCUT2D eigenvalue weighted by Crippen LogP contribution is -2.36. The van der Waals surface area contributed by atoms with Gasteiger partial charge in [-0.15, -0.1) is 0 Å². The van der Waals surface area contributed by atoms with Gasteiger partial charge in [0.05, 0.1) is 6.61 Å². The van der Waals surface area contributed by atoms with E-state index in [1.807, 2.05) is 0 Å². The standard InChI is InChI=1S/C13H23N3O3S/c1-10-12(9-17)13(15-14-10)20(18,19)16-11-7-5-3-2-4-6-8-11/h11,16-17H,2-9H2,1H3,(H,14,15). The lowest BCUT2D eigenvalue weighted by atomic mass is 9.97. The second kappa shape index (κ2) is 6.69. The van der Waals surface area contributed by atoms with Gasteiger partial charge in [0, 0.05) is 17.3 Å². The predicted molar refractivity (Wildman–Crippen MR) is 75.7 cm³/mol. The van der Waals surface area contributed by atoms with Crippen molar-refractivity contribution in [3.63, 3.8) is 0 Å². The summed E-state index contributed by atoms with van der Waals surface area (Å²) >= 11 is 0. The van der Waals surface area contributed by atoms with Crippen molar-refractivity contribution in [1.29, 1.82) is 0 Å². The quantitative estimate of drug-likeness (QED) is 0.787. The van der Waals surface area contributed by atoms with Crippen LogP contribution in [0.4, 0.5) is 0 Å². The van der Waals surface area contributed by atoms with Crippen molar-refractivity contribution in [3.8, 4) is 0 Å². The van der Waals surface area contributed by atoms with Gasteiger partial charge in [0.2, 0.25) is 0 Å². The van der Waals surface area contributed by atoms with Gasteiger partial charge >= 0.3 is 0 Å². The van der Waals surface area contributed by atoms with Crippen LogP contribution in [0.2, 0.25) is 0 Å². The summed E-state index contributed by atoms with van der Waals surface area (Å²) in [4.78, 5) is 0. The van der Waals surface area contributed by atoms with E-state index < -0.39 is 10.0 Å². The first-order valence-electron chi connectivity index (χ1n) is 7.21. The molecule has 20 heavy (non-hydrogen) atoms. The number of aromatic nitrogens is 2. The minimum Gasteiger partial charge on any atom is -0.392 e. The smallest absolute Gasteiger partial charge is 0.260 e. The van der Waals surface area contributed by atoms with E-state index >= 15 is 0 Å². The Morgan fingerprint density at radius 3 is 2.45 bits per heavy atom. The molecule has 7 heteroatoms. The van der Waals surface area contributed by atoms with Crippen molar-refractivity contribution in [2.45, 2.75) is 69.5 Å². The summed E-state index contributed by atoms with van der Waals surface area (Å²) in [7, 11) is -3.66. The van der Waals surface area contributed by atoms with Gasteiger partial charge in [0.25, 0.3) is 10.0 Å². The fraction of sp³-hybridized carbons (Fsp3) is 0.769. The van der Waals surface area contributed by atoms with E-state index in [0.29, 0.717) is 11.3 Å². The largest absolute Gasteiger partial charge is 0.392 e. The lowest BCUT2D eigenvalue weighted by molar-refractivity contribution is 0.277. The Labute approximate surface area is 120 Å². The van der Waals surface area contributed by atoms with Crippen LogP contribution in [0, 0.1) is 6.92 Å². The van der Waals surface area contributed by atoms with Crippen LogP contribution >= 0.6 is 0 Å². The first-order chi connectivity index (χ1) is 9.54. The number of hydrogen-bond donors (Lipinski definition) is 3. The minimum atomic E-state index is -3.66. The summed E-state index contributed by atoms with van der Waals surface area (Å²) in [6.07, 6.45) is 7.43. The number of aromatic amines is 1. The fourth-order valence-corrected chi connectivity index (χ4v) is 4.18. The van der Waals surface area contributed by atoms with E-state index in [9.17, 15) is 13.5 Å². The molecule has 0 bridgehead atoms. The number of aryl methyl sites for hydroxylation is 1. The van der Waals surface area contributed by atoms with Gasteiger partial charge in [-0.25, -0.2) is 13.1 Å². The Kier molecular flexibility index (Phi) is 5.17. The first kappa shape index (κ1) is 15.5. The third-order valence-corrected chi connectivity index (χ3v) is 5.37. The summed E-state index contributed by atoms with van der Waals surface area (Å²) < 4.78 is 27.5. The lowest BCUT2D eigenvalue weighted by Gasteiger charge is -2.20. The van der Waals surface area contributed by atoms with Crippen LogP contribution in [0.3, 0.4) is 0 Å². The molecule has 6 nitrogen and oxygen atoms in total. The molecule has 0 radical (unpaired) electrons. The average molecular weight is 301 g/mol. The molecule has 3 N–H and O–H groups in total. The molecule has 1 heterocycles. The number of nitrogens with one attached hydrogen (secondary N) is 2. The summed E-state index contributed by atoms with van der Waals surface area (Å²) in [5, 5.41) is 15.7. The van der Waals surface area contributed by atoms with Crippen LogP contribution < -0.4 is 4.72 Å². The van der Waals surface area contributed by atoms with Crippen molar-refractivity contribution in [2.75, 3.05) is 0 Å². The van der Waals surface area contributed by atoms with E-state index in [-0.39, 0.29) is 17.7 Å². The number of nitrogens with zero attached hydrogens (tertiary/aromatic N) is 1. The van der Waals surface area contributed by atoms with Crippen LogP contribution in [0.25, 0.3) is 0 Å². The topological polar surface area (TPSA) is 95.1 Å². The van der Waals surface area contributed by atoms with Crippen LogP contribution in [-0.2, 0) is 16.6 Å². The first-order valence-corrected chi connectivity index (χ1v) is 8.70. The maximum absolute atomic E-state index is 12.4. The molecule has 1 saturated carbocycles. The molecule has 1 aromatic heterocycles. The maximum Gasteiger partial charge on any atom is 0.260 e. The normalized spacial score (nSPS) is 18.7.